The van der Waals surface area contributed by atoms with Gasteiger partial charge < -0.3 is 44.5 Å². The summed E-state index contributed by atoms with van der Waals surface area (Å²) in [6, 6.07) is 0. The van der Waals surface area contributed by atoms with Gasteiger partial charge in [0.1, 0.15) is 24.4 Å². The molecule has 0 aromatic carbocycles. The second-order valence-electron chi connectivity index (χ2n) is 17.7. The predicted octanol–water partition coefficient (Wildman–Crippen LogP) is 5.43. The van der Waals surface area contributed by atoms with Gasteiger partial charge in [0.2, 0.25) is 0 Å². The summed E-state index contributed by atoms with van der Waals surface area (Å²) in [6.07, 6.45) is 9.05. The first-order valence-electron chi connectivity index (χ1n) is 19.6. The molecule has 0 spiro atoms. The standard InChI is InChI=1S/C41H66O9/c1-22(2)9-8-10-29(44)26-11-12-28-37(26)30(45)19-36-40(6)16-14-32(25(5)27(40)13-15-41(28,36)7)47-39-33(18-24(4)35(21-43)50-39)48-38-31(46)17-23(3)34(20-42)49-38/h9,17-18,25-39,42-46H,8,10-16,19-21H2,1-7H3. The predicted molar refractivity (Wildman–Crippen MR) is 191 cm³/mol. The number of aliphatic hydroxyl groups is 5. The smallest absolute Gasteiger partial charge is 0.188 e. The van der Waals surface area contributed by atoms with Crippen LogP contribution in [-0.2, 0) is 18.9 Å². The summed E-state index contributed by atoms with van der Waals surface area (Å²) in [4.78, 5) is 0. The van der Waals surface area contributed by atoms with E-state index in [1.54, 1.807) is 6.08 Å². The van der Waals surface area contributed by atoms with Gasteiger partial charge in [0.25, 0.3) is 0 Å². The molecule has 17 unspecified atom stereocenters. The minimum atomic E-state index is -1.00. The first-order valence-corrected chi connectivity index (χ1v) is 19.6. The van der Waals surface area contributed by atoms with Crippen LogP contribution in [0.2, 0.25) is 0 Å². The minimum Gasteiger partial charge on any atom is -0.393 e. The molecule has 0 saturated heterocycles. The molecule has 0 aromatic rings. The van der Waals surface area contributed by atoms with Crippen molar-refractivity contribution < 1.29 is 44.5 Å². The van der Waals surface area contributed by atoms with Gasteiger partial charge in [-0.15, -0.1) is 0 Å². The zero-order chi connectivity index (χ0) is 36.1. The van der Waals surface area contributed by atoms with E-state index in [0.29, 0.717) is 17.8 Å². The monoisotopic (exact) mass is 702 g/mol. The summed E-state index contributed by atoms with van der Waals surface area (Å²) in [6.45, 7) is 14.8. The molecular formula is C41H66O9. The molecule has 284 valence electrons. The molecule has 0 radical (unpaired) electrons. The first kappa shape index (κ1) is 38.6. The van der Waals surface area contributed by atoms with Crippen LogP contribution in [0.3, 0.4) is 0 Å². The van der Waals surface area contributed by atoms with E-state index in [0.717, 1.165) is 68.9 Å². The number of fused-ring (bicyclic) bond motifs is 5. The topological polar surface area (TPSA) is 138 Å². The fourth-order valence-corrected chi connectivity index (χ4v) is 12.0. The molecule has 17 atom stereocenters. The van der Waals surface area contributed by atoms with E-state index in [-0.39, 0.29) is 60.1 Å². The van der Waals surface area contributed by atoms with Crippen molar-refractivity contribution in [1.82, 2.24) is 0 Å². The van der Waals surface area contributed by atoms with Crippen molar-refractivity contribution in [2.24, 2.45) is 46.3 Å². The van der Waals surface area contributed by atoms with Crippen molar-refractivity contribution >= 4 is 0 Å². The Labute approximate surface area is 300 Å². The van der Waals surface area contributed by atoms with Crippen LogP contribution in [0, 0.1) is 46.3 Å². The molecule has 9 heteroatoms. The van der Waals surface area contributed by atoms with Gasteiger partial charge in [-0.05, 0) is 155 Å². The molecule has 0 amide bonds. The normalized spacial score (nSPS) is 48.1. The van der Waals surface area contributed by atoms with Crippen molar-refractivity contribution in [1.29, 1.82) is 0 Å². The number of hydrogen-bond donors (Lipinski definition) is 5. The SMILES string of the molecule is CC(C)=CCCC(O)C1CCC2C1C(O)CC1C3(C)CCC(OC4OC(CO)C(C)=CC4OC4OC(CO)C(C)=CC4O)C(C)C3CCC21C. The highest BCUT2D eigenvalue weighted by molar-refractivity contribution is 5.16. The van der Waals surface area contributed by atoms with Gasteiger partial charge in [0.15, 0.2) is 12.6 Å². The van der Waals surface area contributed by atoms with Crippen LogP contribution in [-0.4, -0.2) is 94.1 Å². The van der Waals surface area contributed by atoms with Crippen LogP contribution < -0.4 is 0 Å². The molecule has 4 fully saturated rings. The lowest BCUT2D eigenvalue weighted by atomic mass is 9.40. The summed E-state index contributed by atoms with van der Waals surface area (Å²) in [5.74, 6) is 1.85. The van der Waals surface area contributed by atoms with Gasteiger partial charge >= 0.3 is 0 Å². The maximum Gasteiger partial charge on any atom is 0.188 e. The highest BCUT2D eigenvalue weighted by Gasteiger charge is 2.65. The van der Waals surface area contributed by atoms with Crippen LogP contribution in [0.15, 0.2) is 34.9 Å². The Kier molecular flexibility index (Phi) is 11.8. The van der Waals surface area contributed by atoms with E-state index in [1.165, 1.54) is 5.57 Å². The second-order valence-corrected chi connectivity index (χ2v) is 17.7. The fourth-order valence-electron chi connectivity index (χ4n) is 12.0. The molecule has 6 rings (SSSR count). The first-order chi connectivity index (χ1) is 23.7. The zero-order valence-corrected chi connectivity index (χ0v) is 31.5. The molecule has 2 heterocycles. The number of allylic oxidation sites excluding steroid dienone is 2. The summed E-state index contributed by atoms with van der Waals surface area (Å²) < 4.78 is 25.4. The largest absolute Gasteiger partial charge is 0.393 e. The lowest BCUT2D eigenvalue weighted by molar-refractivity contribution is -0.302. The maximum atomic E-state index is 11.9. The van der Waals surface area contributed by atoms with E-state index in [2.05, 4.69) is 40.7 Å². The Morgan fingerprint density at radius 3 is 2.22 bits per heavy atom. The highest BCUT2D eigenvalue weighted by atomic mass is 16.7. The molecule has 5 N–H and O–H groups in total. The van der Waals surface area contributed by atoms with Gasteiger partial charge in [0.05, 0.1) is 31.5 Å². The molecular weight excluding hydrogens is 636 g/mol. The second kappa shape index (κ2) is 15.3. The molecule has 50 heavy (non-hydrogen) atoms. The number of rotatable bonds is 10. The van der Waals surface area contributed by atoms with E-state index >= 15 is 0 Å². The summed E-state index contributed by atoms with van der Waals surface area (Å²) in [5.41, 5.74) is 3.07. The lowest BCUT2D eigenvalue weighted by Crippen LogP contribution is -2.62. The van der Waals surface area contributed by atoms with Crippen LogP contribution >= 0.6 is 0 Å². The Morgan fingerprint density at radius 2 is 1.54 bits per heavy atom. The van der Waals surface area contributed by atoms with Crippen LogP contribution in [0.5, 0.6) is 0 Å². The van der Waals surface area contributed by atoms with Crippen molar-refractivity contribution in [3.8, 4) is 0 Å². The van der Waals surface area contributed by atoms with Crippen molar-refractivity contribution in [2.75, 3.05) is 13.2 Å². The van der Waals surface area contributed by atoms with Crippen LogP contribution in [0.25, 0.3) is 0 Å². The maximum absolute atomic E-state index is 11.9. The van der Waals surface area contributed by atoms with Crippen LogP contribution in [0.1, 0.15) is 106 Å². The van der Waals surface area contributed by atoms with E-state index in [4.69, 9.17) is 18.9 Å². The van der Waals surface area contributed by atoms with Crippen LogP contribution in [0.4, 0.5) is 0 Å². The summed E-state index contributed by atoms with van der Waals surface area (Å²) in [5, 5.41) is 53.8. The summed E-state index contributed by atoms with van der Waals surface area (Å²) >= 11 is 0. The van der Waals surface area contributed by atoms with E-state index < -0.39 is 37.0 Å². The Balaban J connectivity index is 1.16. The molecule has 0 bridgehead atoms. The summed E-state index contributed by atoms with van der Waals surface area (Å²) in [7, 11) is 0. The Morgan fingerprint density at radius 1 is 0.900 bits per heavy atom. The molecule has 0 aromatic heterocycles. The third-order valence-electron chi connectivity index (χ3n) is 14.6. The number of ether oxygens (including phenoxy) is 4. The Bertz CT molecular complexity index is 1280. The molecule has 6 aliphatic rings. The molecule has 4 aliphatic carbocycles. The average Bonchev–Trinajstić information content (AvgIpc) is 3.53. The number of aliphatic hydroxyl groups excluding tert-OH is 5. The van der Waals surface area contributed by atoms with Gasteiger partial charge in [-0.3, -0.25) is 0 Å². The highest BCUT2D eigenvalue weighted by Crippen LogP contribution is 2.70. The van der Waals surface area contributed by atoms with Gasteiger partial charge in [-0.1, -0.05) is 32.4 Å². The fraction of sp³-hybridized carbons (Fsp3) is 0.854. The lowest BCUT2D eigenvalue weighted by Gasteiger charge is -2.66. The molecule has 2 aliphatic heterocycles. The number of hydrogen-bond acceptors (Lipinski definition) is 9. The quantitative estimate of drug-likeness (QED) is 0.189. The third kappa shape index (κ3) is 7.09. The van der Waals surface area contributed by atoms with E-state index in [9.17, 15) is 25.5 Å². The van der Waals surface area contributed by atoms with Crippen molar-refractivity contribution in [2.45, 2.75) is 162 Å². The van der Waals surface area contributed by atoms with E-state index in [1.807, 2.05) is 19.9 Å². The molecule has 9 nitrogen and oxygen atoms in total. The average molecular weight is 703 g/mol. The van der Waals surface area contributed by atoms with Gasteiger partial charge in [-0.2, -0.15) is 0 Å². The van der Waals surface area contributed by atoms with Crippen molar-refractivity contribution in [3.63, 3.8) is 0 Å². The minimum absolute atomic E-state index is 0.0649. The zero-order valence-electron chi connectivity index (χ0n) is 31.5. The third-order valence-corrected chi connectivity index (χ3v) is 14.6. The molecule has 4 saturated carbocycles. The van der Waals surface area contributed by atoms with Gasteiger partial charge in [-0.25, -0.2) is 0 Å². The Hall–Kier alpha value is -1.14. The van der Waals surface area contributed by atoms with Gasteiger partial charge in [0, 0.05) is 0 Å². The van der Waals surface area contributed by atoms with Crippen molar-refractivity contribution in [3.05, 3.63) is 34.9 Å².